The van der Waals surface area contributed by atoms with Crippen LogP contribution in [0.5, 0.6) is 0 Å². The molecule has 2 rings (SSSR count). The molecule has 0 spiro atoms. The van der Waals surface area contributed by atoms with Crippen LogP contribution in [-0.4, -0.2) is 44.7 Å². The van der Waals surface area contributed by atoms with Gasteiger partial charge in [0.25, 0.3) is 0 Å². The largest absolute Gasteiger partial charge is 0.369 e. The van der Waals surface area contributed by atoms with E-state index >= 15 is 0 Å². The van der Waals surface area contributed by atoms with Gasteiger partial charge in [-0.15, -0.1) is 0 Å². The van der Waals surface area contributed by atoms with Gasteiger partial charge in [0, 0.05) is 38.4 Å². The number of hydrogen-bond acceptors (Lipinski definition) is 3. The van der Waals surface area contributed by atoms with Gasteiger partial charge in [-0.2, -0.15) is 0 Å². The van der Waals surface area contributed by atoms with Gasteiger partial charge in [0.05, 0.1) is 0 Å². The predicted molar refractivity (Wildman–Crippen MR) is 82.7 cm³/mol. The molecule has 1 N–H and O–H groups in total. The summed E-state index contributed by atoms with van der Waals surface area (Å²) < 4.78 is 13.5. The fourth-order valence-electron chi connectivity index (χ4n) is 2.55. The molecule has 0 aromatic heterocycles. The molecule has 4 heteroatoms. The lowest BCUT2D eigenvalue weighted by atomic mass is 10.1. The van der Waals surface area contributed by atoms with Crippen LogP contribution in [0.15, 0.2) is 18.2 Å². The first-order valence-corrected chi connectivity index (χ1v) is 7.49. The molecule has 112 valence electrons. The maximum absolute atomic E-state index is 13.5. The Balaban J connectivity index is 2.07. The number of anilines is 1. The van der Waals surface area contributed by atoms with Gasteiger partial charge in [0.2, 0.25) is 0 Å². The summed E-state index contributed by atoms with van der Waals surface area (Å²) in [6.45, 7) is 10.2. The highest BCUT2D eigenvalue weighted by atomic mass is 19.1. The quantitative estimate of drug-likeness (QED) is 0.892. The molecule has 1 aliphatic rings. The van der Waals surface area contributed by atoms with E-state index in [0.29, 0.717) is 5.92 Å². The summed E-state index contributed by atoms with van der Waals surface area (Å²) in [5.41, 5.74) is 2.24. The van der Waals surface area contributed by atoms with E-state index in [0.717, 1.165) is 44.8 Å². The van der Waals surface area contributed by atoms with Gasteiger partial charge in [0.1, 0.15) is 5.82 Å². The monoisotopic (exact) mass is 279 g/mol. The maximum atomic E-state index is 13.5. The van der Waals surface area contributed by atoms with Crippen LogP contribution in [0.4, 0.5) is 10.1 Å². The summed E-state index contributed by atoms with van der Waals surface area (Å²) in [5.74, 6) is 0.458. The van der Waals surface area contributed by atoms with Crippen LogP contribution in [0.2, 0.25) is 0 Å². The lowest BCUT2D eigenvalue weighted by molar-refractivity contribution is 0.312. The van der Waals surface area contributed by atoms with Crippen molar-refractivity contribution in [2.45, 2.75) is 20.4 Å². The van der Waals surface area contributed by atoms with Gasteiger partial charge in [0.15, 0.2) is 0 Å². The molecule has 0 radical (unpaired) electrons. The Kier molecular flexibility index (Phi) is 5.38. The van der Waals surface area contributed by atoms with Crippen LogP contribution in [-0.2, 0) is 6.54 Å². The average Bonchev–Trinajstić information content (AvgIpc) is 2.40. The fourth-order valence-corrected chi connectivity index (χ4v) is 2.55. The van der Waals surface area contributed by atoms with E-state index in [-0.39, 0.29) is 5.82 Å². The number of benzene rings is 1. The molecule has 20 heavy (non-hydrogen) atoms. The van der Waals surface area contributed by atoms with Crippen LogP contribution in [0.1, 0.15) is 19.4 Å². The zero-order valence-corrected chi connectivity index (χ0v) is 12.8. The zero-order chi connectivity index (χ0) is 14.5. The van der Waals surface area contributed by atoms with Crippen molar-refractivity contribution >= 4 is 5.69 Å². The number of likely N-dealkylation sites (N-methyl/N-ethyl adjacent to an activating group) is 1. The zero-order valence-electron chi connectivity index (χ0n) is 12.8. The topological polar surface area (TPSA) is 18.5 Å². The summed E-state index contributed by atoms with van der Waals surface area (Å²) in [6.07, 6.45) is 0. The third-order valence-corrected chi connectivity index (χ3v) is 3.75. The van der Waals surface area contributed by atoms with Gasteiger partial charge in [-0.3, -0.25) is 0 Å². The molecule has 0 saturated carbocycles. The lowest BCUT2D eigenvalue weighted by Crippen LogP contribution is -2.45. The number of nitrogens with one attached hydrogen (secondary N) is 1. The molecule has 1 aromatic rings. The van der Waals surface area contributed by atoms with Crippen molar-refractivity contribution in [3.8, 4) is 0 Å². The first-order chi connectivity index (χ1) is 9.56. The lowest BCUT2D eigenvalue weighted by Gasteiger charge is -2.35. The minimum Gasteiger partial charge on any atom is -0.369 e. The van der Waals surface area contributed by atoms with E-state index in [4.69, 9.17) is 0 Å². The van der Waals surface area contributed by atoms with E-state index in [2.05, 4.69) is 36.0 Å². The van der Waals surface area contributed by atoms with Crippen molar-refractivity contribution in [1.29, 1.82) is 0 Å². The molecular formula is C16H26FN3. The minimum absolute atomic E-state index is 0.149. The standard InChI is InChI=1S/C16H26FN3/c1-13(2)11-18-12-14-10-15(17)4-5-16(14)20-8-6-19(3)7-9-20/h4-5,10,13,18H,6-9,11-12H2,1-3H3. The van der Waals surface area contributed by atoms with Crippen molar-refractivity contribution in [3.05, 3.63) is 29.6 Å². The van der Waals surface area contributed by atoms with Crippen LogP contribution in [0.25, 0.3) is 0 Å². The molecule has 1 aliphatic heterocycles. The average molecular weight is 279 g/mol. The Hall–Kier alpha value is -1.13. The molecule has 0 amide bonds. The summed E-state index contributed by atoms with van der Waals surface area (Å²) >= 11 is 0. The van der Waals surface area contributed by atoms with Crippen LogP contribution in [0.3, 0.4) is 0 Å². The summed E-state index contributed by atoms with van der Waals surface area (Å²) in [7, 11) is 2.15. The smallest absolute Gasteiger partial charge is 0.123 e. The first-order valence-electron chi connectivity index (χ1n) is 7.49. The number of piperazine rings is 1. The molecule has 0 unspecified atom stereocenters. The van der Waals surface area contributed by atoms with Gasteiger partial charge >= 0.3 is 0 Å². The van der Waals surface area contributed by atoms with Gasteiger partial charge < -0.3 is 15.1 Å². The molecule has 0 bridgehead atoms. The fraction of sp³-hybridized carbons (Fsp3) is 0.625. The number of hydrogen-bond donors (Lipinski definition) is 1. The van der Waals surface area contributed by atoms with Crippen LogP contribution < -0.4 is 10.2 Å². The first kappa shape index (κ1) is 15.3. The second kappa shape index (κ2) is 7.04. The highest BCUT2D eigenvalue weighted by Gasteiger charge is 2.17. The predicted octanol–water partition coefficient (Wildman–Crippen LogP) is 2.32. The Bertz CT molecular complexity index is 426. The second-order valence-electron chi connectivity index (χ2n) is 6.09. The van der Waals surface area contributed by atoms with E-state index in [1.165, 1.54) is 5.69 Å². The molecule has 1 fully saturated rings. The van der Waals surface area contributed by atoms with E-state index in [1.54, 1.807) is 12.1 Å². The van der Waals surface area contributed by atoms with Crippen molar-refractivity contribution in [1.82, 2.24) is 10.2 Å². The Labute approximate surface area is 121 Å². The van der Waals surface area contributed by atoms with Crippen LogP contribution in [0, 0.1) is 11.7 Å². The molecule has 1 saturated heterocycles. The molecule has 0 atom stereocenters. The minimum atomic E-state index is -0.149. The van der Waals surface area contributed by atoms with E-state index in [9.17, 15) is 4.39 Å². The van der Waals surface area contributed by atoms with Gasteiger partial charge in [-0.25, -0.2) is 4.39 Å². The molecule has 0 aliphatic carbocycles. The van der Waals surface area contributed by atoms with Crippen molar-refractivity contribution in [2.24, 2.45) is 5.92 Å². The summed E-state index contributed by atoms with van der Waals surface area (Å²) in [4.78, 5) is 4.70. The highest BCUT2D eigenvalue weighted by molar-refractivity contribution is 5.54. The molecule has 3 nitrogen and oxygen atoms in total. The second-order valence-corrected chi connectivity index (χ2v) is 6.09. The maximum Gasteiger partial charge on any atom is 0.123 e. The van der Waals surface area contributed by atoms with Crippen molar-refractivity contribution in [2.75, 3.05) is 44.7 Å². The number of halogens is 1. The van der Waals surface area contributed by atoms with Crippen molar-refractivity contribution in [3.63, 3.8) is 0 Å². The Morgan fingerprint density at radius 1 is 1.20 bits per heavy atom. The van der Waals surface area contributed by atoms with Gasteiger partial charge in [-0.1, -0.05) is 13.8 Å². The third kappa shape index (κ3) is 4.18. The number of rotatable bonds is 5. The molecule has 1 aromatic carbocycles. The highest BCUT2D eigenvalue weighted by Crippen LogP contribution is 2.23. The molecular weight excluding hydrogens is 253 g/mol. The van der Waals surface area contributed by atoms with Crippen molar-refractivity contribution < 1.29 is 4.39 Å². The normalized spacial score (nSPS) is 16.9. The summed E-state index contributed by atoms with van der Waals surface area (Å²) in [6, 6.07) is 5.16. The van der Waals surface area contributed by atoms with Crippen LogP contribution >= 0.6 is 0 Å². The Morgan fingerprint density at radius 2 is 1.90 bits per heavy atom. The Morgan fingerprint density at radius 3 is 2.55 bits per heavy atom. The number of nitrogens with zero attached hydrogens (tertiary/aromatic N) is 2. The van der Waals surface area contributed by atoms with Gasteiger partial charge in [-0.05, 0) is 43.3 Å². The summed E-state index contributed by atoms with van der Waals surface area (Å²) in [5, 5.41) is 3.41. The van der Waals surface area contributed by atoms with E-state index in [1.807, 2.05) is 6.07 Å². The van der Waals surface area contributed by atoms with E-state index < -0.39 is 0 Å². The third-order valence-electron chi connectivity index (χ3n) is 3.75. The SMILES string of the molecule is CC(C)CNCc1cc(F)ccc1N1CCN(C)CC1. The molecule has 1 heterocycles.